The van der Waals surface area contributed by atoms with Crippen LogP contribution in [-0.2, 0) is 16.1 Å². The third-order valence-electron chi connectivity index (χ3n) is 6.45. The molecule has 0 saturated heterocycles. The molecule has 41 heavy (non-hydrogen) atoms. The highest BCUT2D eigenvalue weighted by atomic mass is 16.2. The van der Waals surface area contributed by atoms with Crippen molar-refractivity contribution in [2.24, 2.45) is 0 Å². The third-order valence-corrected chi connectivity index (χ3v) is 6.45. The number of benzene rings is 3. The van der Waals surface area contributed by atoms with Crippen LogP contribution >= 0.6 is 0 Å². The minimum absolute atomic E-state index is 0.306. The maximum atomic E-state index is 12.4. The van der Waals surface area contributed by atoms with E-state index < -0.39 is 5.91 Å². The van der Waals surface area contributed by atoms with Crippen LogP contribution in [0.2, 0.25) is 0 Å². The Kier molecular flexibility index (Phi) is 8.61. The number of nitrogens with zero attached hydrogens (tertiary/aromatic N) is 5. The number of hydrogen-bond acceptors (Lipinski definition) is 7. The van der Waals surface area contributed by atoms with E-state index in [4.69, 9.17) is 0 Å². The van der Waals surface area contributed by atoms with E-state index >= 15 is 0 Å². The van der Waals surface area contributed by atoms with Gasteiger partial charge in [-0.3, -0.25) is 9.59 Å². The summed E-state index contributed by atoms with van der Waals surface area (Å²) in [6.07, 6.45) is 6.63. The molecular formula is C31H32N8O2. The van der Waals surface area contributed by atoms with Crippen molar-refractivity contribution in [1.29, 1.82) is 0 Å². The number of fused-ring (bicyclic) bond motifs is 2. The molecule has 0 saturated carbocycles. The first-order chi connectivity index (χ1) is 19.9. The number of anilines is 3. The number of carbonyl (C=O) groups excluding carboxylic acids is 2. The molecule has 2 amide bonds. The summed E-state index contributed by atoms with van der Waals surface area (Å²) in [5, 5.41) is 9.68. The summed E-state index contributed by atoms with van der Waals surface area (Å²) in [6, 6.07) is 21.6. The van der Waals surface area contributed by atoms with E-state index in [-0.39, 0.29) is 5.91 Å². The quantitative estimate of drug-likeness (QED) is 0.166. The van der Waals surface area contributed by atoms with E-state index in [1.54, 1.807) is 12.1 Å². The van der Waals surface area contributed by atoms with Gasteiger partial charge < -0.3 is 25.4 Å². The lowest BCUT2D eigenvalue weighted by atomic mass is 10.2. The Balaban J connectivity index is 1.26. The molecule has 0 fully saturated rings. The zero-order valence-corrected chi connectivity index (χ0v) is 23.0. The van der Waals surface area contributed by atoms with Gasteiger partial charge in [-0.25, -0.2) is 15.0 Å². The lowest BCUT2D eigenvalue weighted by Crippen LogP contribution is -2.25. The highest BCUT2D eigenvalue weighted by molar-refractivity contribution is 6.05. The van der Waals surface area contributed by atoms with Crippen molar-refractivity contribution < 1.29 is 9.59 Å². The molecule has 3 N–H and O–H groups in total. The number of imidazole rings is 1. The normalized spacial score (nSPS) is 11.4. The van der Waals surface area contributed by atoms with Gasteiger partial charge in [-0.15, -0.1) is 0 Å². The van der Waals surface area contributed by atoms with Gasteiger partial charge in [0, 0.05) is 42.0 Å². The molecule has 0 aliphatic carbocycles. The molecule has 0 unspecified atom stereocenters. The fourth-order valence-electron chi connectivity index (χ4n) is 4.42. The van der Waals surface area contributed by atoms with Gasteiger partial charge >= 0.3 is 0 Å². The van der Waals surface area contributed by atoms with E-state index in [2.05, 4.69) is 47.6 Å². The predicted octanol–water partition coefficient (Wildman–Crippen LogP) is 4.33. The number of amides is 2. The fraction of sp³-hybridized carbons (Fsp3) is 0.194. The second kappa shape index (κ2) is 12.8. The van der Waals surface area contributed by atoms with Crippen LogP contribution in [0.1, 0.15) is 12.0 Å². The summed E-state index contributed by atoms with van der Waals surface area (Å²) in [5.74, 6) is -0.114. The first-order valence-electron chi connectivity index (χ1n) is 13.4. The monoisotopic (exact) mass is 548 g/mol. The number of rotatable bonds is 11. The molecule has 0 spiro atoms. The van der Waals surface area contributed by atoms with Crippen molar-refractivity contribution in [3.63, 3.8) is 0 Å². The molecule has 5 rings (SSSR count). The van der Waals surface area contributed by atoms with Crippen LogP contribution in [0, 0.1) is 0 Å². The number of nitrogens with one attached hydrogen (secondary N) is 3. The maximum absolute atomic E-state index is 12.4. The molecule has 0 aliphatic rings. The Morgan fingerprint density at radius 3 is 2.51 bits per heavy atom. The van der Waals surface area contributed by atoms with Crippen molar-refractivity contribution in [2.45, 2.75) is 13.0 Å². The Bertz CT molecular complexity index is 1700. The van der Waals surface area contributed by atoms with Crippen LogP contribution < -0.4 is 16.0 Å². The summed E-state index contributed by atoms with van der Waals surface area (Å²) in [5.41, 5.74) is 5.22. The molecule has 208 valence electrons. The van der Waals surface area contributed by atoms with Crippen LogP contribution in [0.25, 0.3) is 21.9 Å². The minimum Gasteiger partial charge on any atom is -0.353 e. The summed E-state index contributed by atoms with van der Waals surface area (Å²) < 4.78 is 2.12. The second-order valence-corrected chi connectivity index (χ2v) is 9.91. The minimum atomic E-state index is -0.407. The maximum Gasteiger partial charge on any atom is 0.248 e. The summed E-state index contributed by atoms with van der Waals surface area (Å²) >= 11 is 0. The van der Waals surface area contributed by atoms with Crippen molar-refractivity contribution in [3.8, 4) is 0 Å². The zero-order valence-electron chi connectivity index (χ0n) is 23.0. The van der Waals surface area contributed by atoms with Crippen LogP contribution in [0.4, 0.5) is 17.2 Å². The van der Waals surface area contributed by atoms with E-state index in [0.29, 0.717) is 18.1 Å². The van der Waals surface area contributed by atoms with Gasteiger partial charge in [-0.05, 0) is 69.0 Å². The average molecular weight is 549 g/mol. The predicted molar refractivity (Wildman–Crippen MR) is 162 cm³/mol. The zero-order chi connectivity index (χ0) is 28.6. The number of aromatic nitrogens is 4. The van der Waals surface area contributed by atoms with Gasteiger partial charge in [0.2, 0.25) is 11.8 Å². The van der Waals surface area contributed by atoms with Crippen LogP contribution in [0.15, 0.2) is 91.5 Å². The summed E-state index contributed by atoms with van der Waals surface area (Å²) in [6.45, 7) is 2.17. The topological polar surface area (TPSA) is 117 Å². The van der Waals surface area contributed by atoms with E-state index in [1.807, 2.05) is 67.8 Å². The van der Waals surface area contributed by atoms with E-state index in [0.717, 1.165) is 47.1 Å². The SMILES string of the molecule is CN(C)CCCNC(=O)C=CC(=O)Nc1ccc2ncnc(Nc3ccc4c(c3)ncn4Cc3ccccc3)c2c1. The Morgan fingerprint density at radius 2 is 1.68 bits per heavy atom. The van der Waals surface area contributed by atoms with E-state index in [1.165, 1.54) is 24.0 Å². The van der Waals surface area contributed by atoms with Gasteiger partial charge in [-0.2, -0.15) is 0 Å². The first kappa shape index (κ1) is 27.5. The summed E-state index contributed by atoms with van der Waals surface area (Å²) in [7, 11) is 3.96. The van der Waals surface area contributed by atoms with Gasteiger partial charge in [-0.1, -0.05) is 30.3 Å². The Morgan fingerprint density at radius 1 is 0.878 bits per heavy atom. The highest BCUT2D eigenvalue weighted by Gasteiger charge is 2.09. The van der Waals surface area contributed by atoms with Crippen molar-refractivity contribution >= 4 is 50.9 Å². The average Bonchev–Trinajstić information content (AvgIpc) is 3.36. The fourth-order valence-corrected chi connectivity index (χ4v) is 4.42. The number of carbonyl (C=O) groups is 2. The molecule has 2 aromatic heterocycles. The highest BCUT2D eigenvalue weighted by Crippen LogP contribution is 2.27. The lowest BCUT2D eigenvalue weighted by molar-refractivity contribution is -0.117. The second-order valence-electron chi connectivity index (χ2n) is 9.91. The van der Waals surface area contributed by atoms with Crippen molar-refractivity contribution in [1.82, 2.24) is 29.7 Å². The summed E-state index contributed by atoms with van der Waals surface area (Å²) in [4.78, 5) is 39.9. The van der Waals surface area contributed by atoms with Crippen LogP contribution in [-0.4, -0.2) is 63.4 Å². The van der Waals surface area contributed by atoms with Gasteiger partial charge in [0.1, 0.15) is 12.1 Å². The molecule has 5 aromatic rings. The molecule has 0 radical (unpaired) electrons. The molecule has 10 nitrogen and oxygen atoms in total. The first-order valence-corrected chi connectivity index (χ1v) is 13.4. The smallest absolute Gasteiger partial charge is 0.248 e. The van der Waals surface area contributed by atoms with Crippen LogP contribution in [0.5, 0.6) is 0 Å². The van der Waals surface area contributed by atoms with Crippen molar-refractivity contribution in [3.05, 3.63) is 97.1 Å². The molecule has 10 heteroatoms. The van der Waals surface area contributed by atoms with Crippen molar-refractivity contribution in [2.75, 3.05) is 37.8 Å². The molecule has 3 aromatic carbocycles. The van der Waals surface area contributed by atoms with Gasteiger partial charge in [0.25, 0.3) is 0 Å². The van der Waals surface area contributed by atoms with Gasteiger partial charge in [0.15, 0.2) is 0 Å². The Labute approximate surface area is 238 Å². The van der Waals surface area contributed by atoms with Gasteiger partial charge in [0.05, 0.1) is 22.9 Å². The third kappa shape index (κ3) is 7.31. The standard InChI is InChI=1S/C31H32N8O2/c1-38(2)16-6-15-32-29(40)13-14-30(41)36-23-9-11-26-25(17-23)31(34-20-33-26)37-24-10-12-28-27(18-24)35-21-39(28)19-22-7-4-3-5-8-22/h3-5,7-14,17-18,20-21H,6,15-16,19H2,1-2H3,(H,32,40)(H,36,41)(H,33,34,37). The molecule has 0 aliphatic heterocycles. The molecular weight excluding hydrogens is 516 g/mol. The lowest BCUT2D eigenvalue weighted by Gasteiger charge is -2.10. The van der Waals surface area contributed by atoms with E-state index in [9.17, 15) is 9.59 Å². The molecule has 0 bridgehead atoms. The molecule has 2 heterocycles. The van der Waals surface area contributed by atoms with Crippen LogP contribution in [0.3, 0.4) is 0 Å². The Hall–Kier alpha value is -5.09. The molecule has 0 atom stereocenters. The number of hydrogen-bond donors (Lipinski definition) is 3. The largest absolute Gasteiger partial charge is 0.353 e.